The van der Waals surface area contributed by atoms with Gasteiger partial charge in [-0.1, -0.05) is 28.1 Å². The third-order valence-corrected chi connectivity index (χ3v) is 5.49. The summed E-state index contributed by atoms with van der Waals surface area (Å²) in [5, 5.41) is 0.608. The van der Waals surface area contributed by atoms with Gasteiger partial charge in [0.15, 0.2) is 0 Å². The molecule has 2 heterocycles. The van der Waals surface area contributed by atoms with Crippen molar-refractivity contribution in [2.24, 2.45) is 0 Å². The van der Waals surface area contributed by atoms with Gasteiger partial charge in [-0.05, 0) is 42.8 Å². The zero-order valence-corrected chi connectivity index (χ0v) is 16.2. The van der Waals surface area contributed by atoms with Crippen LogP contribution in [0.1, 0.15) is 24.2 Å². The molecular formula is C20H18BrN3O2. The van der Waals surface area contributed by atoms with Crippen LogP contribution in [0.4, 0.5) is 5.69 Å². The highest BCUT2D eigenvalue weighted by Gasteiger charge is 2.36. The molecule has 132 valence electrons. The molecule has 0 saturated carbocycles. The average Bonchev–Trinajstić information content (AvgIpc) is 2.86. The normalized spacial score (nSPS) is 16.3. The van der Waals surface area contributed by atoms with Crippen LogP contribution in [0.25, 0.3) is 10.9 Å². The molecule has 0 saturated heterocycles. The molecule has 1 aliphatic heterocycles. The van der Waals surface area contributed by atoms with E-state index < -0.39 is 0 Å². The van der Waals surface area contributed by atoms with Gasteiger partial charge in [-0.15, -0.1) is 0 Å². The number of fused-ring (bicyclic) bond motifs is 2. The fraction of sp³-hybridized carbons (Fsp3) is 0.250. The fourth-order valence-electron chi connectivity index (χ4n) is 3.67. The fourth-order valence-corrected chi connectivity index (χ4v) is 4.05. The SMILES string of the molecule is CCn1c(C[C@H]2C(=O)N(C)c3ccc(Br)cc32)nc2ccccc2c1=O. The van der Waals surface area contributed by atoms with E-state index in [1.165, 1.54) is 0 Å². The van der Waals surface area contributed by atoms with E-state index in [1.807, 2.05) is 43.3 Å². The molecule has 0 fully saturated rings. The van der Waals surface area contributed by atoms with E-state index in [9.17, 15) is 9.59 Å². The summed E-state index contributed by atoms with van der Waals surface area (Å²) in [5.74, 6) is 0.345. The second kappa shape index (κ2) is 6.36. The van der Waals surface area contributed by atoms with Crippen molar-refractivity contribution in [2.45, 2.75) is 25.8 Å². The number of amides is 1. The minimum Gasteiger partial charge on any atom is -0.315 e. The Kier molecular flexibility index (Phi) is 4.15. The van der Waals surface area contributed by atoms with Crippen LogP contribution >= 0.6 is 15.9 Å². The van der Waals surface area contributed by atoms with Gasteiger partial charge in [-0.3, -0.25) is 14.2 Å². The first-order valence-electron chi connectivity index (χ1n) is 8.56. The number of para-hydroxylation sites is 1. The largest absolute Gasteiger partial charge is 0.315 e. The second-order valence-corrected chi connectivity index (χ2v) is 7.37. The van der Waals surface area contributed by atoms with Crippen molar-refractivity contribution in [3.8, 4) is 0 Å². The molecule has 4 rings (SSSR count). The molecule has 1 aliphatic rings. The molecule has 0 unspecified atom stereocenters. The first-order valence-corrected chi connectivity index (χ1v) is 9.36. The van der Waals surface area contributed by atoms with Gasteiger partial charge in [0.05, 0.1) is 16.8 Å². The predicted octanol–water partition coefficient (Wildman–Crippen LogP) is 3.48. The summed E-state index contributed by atoms with van der Waals surface area (Å²) < 4.78 is 2.61. The molecule has 1 aromatic heterocycles. The molecule has 1 amide bonds. The van der Waals surface area contributed by atoms with E-state index in [0.717, 1.165) is 15.7 Å². The highest BCUT2D eigenvalue weighted by atomic mass is 79.9. The summed E-state index contributed by atoms with van der Waals surface area (Å²) in [5.41, 5.74) is 2.50. The molecule has 2 aromatic carbocycles. The minimum absolute atomic E-state index is 0.0307. The van der Waals surface area contributed by atoms with Crippen molar-refractivity contribution in [3.63, 3.8) is 0 Å². The van der Waals surface area contributed by atoms with Crippen molar-refractivity contribution < 1.29 is 4.79 Å². The first-order chi connectivity index (χ1) is 12.5. The summed E-state index contributed by atoms with van der Waals surface area (Å²) in [7, 11) is 1.79. The number of nitrogens with zero attached hydrogens (tertiary/aromatic N) is 3. The summed E-state index contributed by atoms with van der Waals surface area (Å²) in [6.45, 7) is 2.45. The number of halogens is 1. The highest BCUT2D eigenvalue weighted by molar-refractivity contribution is 9.10. The quantitative estimate of drug-likeness (QED) is 0.662. The molecule has 0 aliphatic carbocycles. The lowest BCUT2D eigenvalue weighted by molar-refractivity contribution is -0.119. The van der Waals surface area contributed by atoms with E-state index in [4.69, 9.17) is 4.98 Å². The Balaban J connectivity index is 1.85. The first kappa shape index (κ1) is 17.0. The monoisotopic (exact) mass is 411 g/mol. The smallest absolute Gasteiger partial charge is 0.261 e. The Labute approximate surface area is 159 Å². The maximum Gasteiger partial charge on any atom is 0.261 e. The number of carbonyl (C=O) groups is 1. The number of carbonyl (C=O) groups excluding carboxylic acids is 1. The van der Waals surface area contributed by atoms with Crippen molar-refractivity contribution in [1.82, 2.24) is 9.55 Å². The molecule has 0 spiro atoms. The van der Waals surface area contributed by atoms with Crippen molar-refractivity contribution in [1.29, 1.82) is 0 Å². The average molecular weight is 412 g/mol. The number of anilines is 1. The van der Waals surface area contributed by atoms with E-state index >= 15 is 0 Å². The van der Waals surface area contributed by atoms with E-state index in [-0.39, 0.29) is 17.4 Å². The van der Waals surface area contributed by atoms with Crippen LogP contribution in [0.2, 0.25) is 0 Å². The Bertz CT molecular complexity index is 1090. The Morgan fingerprint density at radius 1 is 1.15 bits per heavy atom. The van der Waals surface area contributed by atoms with Gasteiger partial charge in [-0.25, -0.2) is 4.98 Å². The number of aromatic nitrogens is 2. The third-order valence-electron chi connectivity index (χ3n) is 5.00. The summed E-state index contributed by atoms with van der Waals surface area (Å²) >= 11 is 3.49. The Morgan fingerprint density at radius 3 is 2.69 bits per heavy atom. The van der Waals surface area contributed by atoms with Crippen LogP contribution in [0.5, 0.6) is 0 Å². The molecule has 26 heavy (non-hydrogen) atoms. The summed E-state index contributed by atoms with van der Waals surface area (Å²) in [6, 6.07) is 13.2. The standard InChI is InChI=1S/C20H18BrN3O2/c1-3-24-18(22-16-7-5-4-6-13(16)20(24)26)11-15-14-10-12(21)8-9-17(14)23(2)19(15)25/h4-10,15H,3,11H2,1-2H3/t15-/m1/s1. The maximum absolute atomic E-state index is 12.8. The van der Waals surface area contributed by atoms with Crippen molar-refractivity contribution >= 4 is 38.4 Å². The molecule has 6 heteroatoms. The molecule has 0 radical (unpaired) electrons. The summed E-state index contributed by atoms with van der Waals surface area (Å²) in [4.78, 5) is 32.0. The topological polar surface area (TPSA) is 55.2 Å². The van der Waals surface area contributed by atoms with Crippen molar-refractivity contribution in [3.05, 3.63) is 68.7 Å². The predicted molar refractivity (Wildman–Crippen MR) is 106 cm³/mol. The van der Waals surface area contributed by atoms with Crippen LogP contribution in [0.15, 0.2) is 51.7 Å². The molecular weight excluding hydrogens is 394 g/mol. The zero-order valence-electron chi connectivity index (χ0n) is 14.6. The Hall–Kier alpha value is -2.47. The van der Waals surface area contributed by atoms with Crippen LogP contribution in [-0.2, 0) is 17.8 Å². The van der Waals surface area contributed by atoms with Gasteiger partial charge in [-0.2, -0.15) is 0 Å². The summed E-state index contributed by atoms with van der Waals surface area (Å²) in [6.07, 6.45) is 0.403. The van der Waals surface area contributed by atoms with Crippen LogP contribution in [0, 0.1) is 0 Å². The highest BCUT2D eigenvalue weighted by Crippen LogP contribution is 2.39. The van der Waals surface area contributed by atoms with E-state index in [2.05, 4.69) is 15.9 Å². The minimum atomic E-state index is -0.335. The zero-order chi connectivity index (χ0) is 18.4. The lowest BCUT2D eigenvalue weighted by atomic mass is 9.96. The van der Waals surface area contributed by atoms with Gasteiger partial charge in [0.25, 0.3) is 5.56 Å². The lowest BCUT2D eigenvalue weighted by Gasteiger charge is -2.15. The number of likely N-dealkylation sites (N-methyl/N-ethyl adjacent to an activating group) is 1. The molecule has 0 N–H and O–H groups in total. The lowest BCUT2D eigenvalue weighted by Crippen LogP contribution is -2.29. The Morgan fingerprint density at radius 2 is 1.92 bits per heavy atom. The number of benzene rings is 2. The third kappa shape index (κ3) is 2.56. The van der Waals surface area contributed by atoms with Gasteiger partial charge < -0.3 is 4.90 Å². The van der Waals surface area contributed by atoms with Gasteiger partial charge in [0.2, 0.25) is 5.91 Å². The van der Waals surface area contributed by atoms with Crippen LogP contribution < -0.4 is 10.5 Å². The molecule has 1 atom stereocenters. The molecule has 0 bridgehead atoms. The number of hydrogen-bond donors (Lipinski definition) is 0. The van der Waals surface area contributed by atoms with Crippen LogP contribution in [0.3, 0.4) is 0 Å². The maximum atomic E-state index is 12.8. The van der Waals surface area contributed by atoms with Crippen molar-refractivity contribution in [2.75, 3.05) is 11.9 Å². The van der Waals surface area contributed by atoms with E-state index in [1.54, 1.807) is 22.6 Å². The number of rotatable bonds is 3. The second-order valence-electron chi connectivity index (χ2n) is 6.45. The van der Waals surface area contributed by atoms with Gasteiger partial charge in [0.1, 0.15) is 5.82 Å². The van der Waals surface area contributed by atoms with Gasteiger partial charge >= 0.3 is 0 Å². The molecule has 5 nitrogen and oxygen atoms in total. The number of hydrogen-bond acceptors (Lipinski definition) is 3. The van der Waals surface area contributed by atoms with Gasteiger partial charge in [0, 0.05) is 30.2 Å². The van der Waals surface area contributed by atoms with E-state index in [0.29, 0.717) is 29.7 Å². The van der Waals surface area contributed by atoms with Crippen LogP contribution in [-0.4, -0.2) is 22.5 Å². The molecule has 3 aromatic rings.